The minimum Gasteiger partial charge on any atom is -0.481 e. The number of ether oxygens (including phenoxy) is 2. The van der Waals surface area contributed by atoms with Gasteiger partial charge in [0.25, 0.3) is 5.91 Å². The SMILES string of the molecule is CC(=O)c1ccc(NC(=O)[C@H](C)OC(=O)COc2ccccc2-c2ccccc2)cc1. The van der Waals surface area contributed by atoms with Gasteiger partial charge in [-0.25, -0.2) is 4.79 Å². The van der Waals surface area contributed by atoms with Gasteiger partial charge >= 0.3 is 5.97 Å². The lowest BCUT2D eigenvalue weighted by Crippen LogP contribution is -2.31. The summed E-state index contributed by atoms with van der Waals surface area (Å²) in [5.41, 5.74) is 2.88. The number of hydrogen-bond donors (Lipinski definition) is 1. The van der Waals surface area contributed by atoms with E-state index in [2.05, 4.69) is 5.32 Å². The van der Waals surface area contributed by atoms with E-state index in [0.717, 1.165) is 11.1 Å². The van der Waals surface area contributed by atoms with Crippen LogP contribution >= 0.6 is 0 Å². The maximum atomic E-state index is 12.3. The Balaban J connectivity index is 1.54. The Morgan fingerprint density at radius 2 is 1.52 bits per heavy atom. The Hall–Kier alpha value is -3.93. The first-order valence-electron chi connectivity index (χ1n) is 9.82. The Labute approximate surface area is 180 Å². The van der Waals surface area contributed by atoms with Crippen molar-refractivity contribution in [3.63, 3.8) is 0 Å². The summed E-state index contributed by atoms with van der Waals surface area (Å²) in [5, 5.41) is 2.65. The van der Waals surface area contributed by atoms with Crippen molar-refractivity contribution >= 4 is 23.3 Å². The van der Waals surface area contributed by atoms with Crippen molar-refractivity contribution < 1.29 is 23.9 Å². The summed E-state index contributed by atoms with van der Waals surface area (Å²) in [5.74, 6) is -0.645. The number of rotatable bonds is 8. The highest BCUT2D eigenvalue weighted by atomic mass is 16.6. The van der Waals surface area contributed by atoms with E-state index in [1.54, 1.807) is 30.3 Å². The van der Waals surface area contributed by atoms with Gasteiger partial charge in [0.1, 0.15) is 5.75 Å². The molecular weight excluding hydrogens is 394 g/mol. The maximum Gasteiger partial charge on any atom is 0.344 e. The molecule has 1 amide bonds. The molecule has 1 N–H and O–H groups in total. The van der Waals surface area contributed by atoms with Gasteiger partial charge in [-0.3, -0.25) is 9.59 Å². The lowest BCUT2D eigenvalue weighted by atomic mass is 10.1. The first kappa shape index (κ1) is 21.8. The number of hydrogen-bond acceptors (Lipinski definition) is 5. The van der Waals surface area contributed by atoms with Crippen molar-refractivity contribution in [3.8, 4) is 16.9 Å². The number of carbonyl (C=O) groups is 3. The minimum absolute atomic E-state index is 0.0611. The Morgan fingerprint density at radius 3 is 2.19 bits per heavy atom. The predicted molar refractivity (Wildman–Crippen MR) is 118 cm³/mol. The number of benzene rings is 3. The molecule has 0 saturated carbocycles. The van der Waals surface area contributed by atoms with Crippen molar-refractivity contribution in [1.29, 1.82) is 0 Å². The molecule has 6 nitrogen and oxygen atoms in total. The molecule has 3 rings (SSSR count). The number of amides is 1. The molecule has 0 fully saturated rings. The quantitative estimate of drug-likeness (QED) is 0.431. The summed E-state index contributed by atoms with van der Waals surface area (Å²) >= 11 is 0. The Kier molecular flexibility index (Phi) is 7.17. The highest BCUT2D eigenvalue weighted by molar-refractivity contribution is 5.97. The van der Waals surface area contributed by atoms with Crippen LogP contribution in [-0.4, -0.2) is 30.4 Å². The van der Waals surface area contributed by atoms with Crippen LogP contribution in [0.15, 0.2) is 78.9 Å². The molecule has 1 atom stereocenters. The lowest BCUT2D eigenvalue weighted by molar-refractivity contribution is -0.155. The van der Waals surface area contributed by atoms with Crippen LogP contribution in [0.2, 0.25) is 0 Å². The van der Waals surface area contributed by atoms with Crippen LogP contribution < -0.4 is 10.1 Å². The molecule has 0 spiro atoms. The second-order valence-corrected chi connectivity index (χ2v) is 6.91. The van der Waals surface area contributed by atoms with Crippen LogP contribution in [0.5, 0.6) is 5.75 Å². The number of carbonyl (C=O) groups excluding carboxylic acids is 3. The summed E-state index contributed by atoms with van der Waals surface area (Å²) in [6.07, 6.45) is -1.01. The van der Waals surface area contributed by atoms with Crippen molar-refractivity contribution in [1.82, 2.24) is 0 Å². The summed E-state index contributed by atoms with van der Waals surface area (Å²) in [7, 11) is 0. The van der Waals surface area contributed by atoms with Gasteiger partial charge in [0, 0.05) is 16.8 Å². The number of Topliss-reactive ketones (excluding diaryl/α,β-unsaturated/α-hetero) is 1. The molecule has 0 saturated heterocycles. The summed E-state index contributed by atoms with van der Waals surface area (Å²) in [6.45, 7) is 2.62. The molecule has 3 aromatic rings. The molecule has 0 aliphatic heterocycles. The molecule has 0 aliphatic rings. The molecule has 6 heteroatoms. The van der Waals surface area contributed by atoms with Gasteiger partial charge in [-0.2, -0.15) is 0 Å². The van der Waals surface area contributed by atoms with Crippen LogP contribution in [-0.2, 0) is 14.3 Å². The van der Waals surface area contributed by atoms with E-state index in [0.29, 0.717) is 17.0 Å². The fraction of sp³-hybridized carbons (Fsp3) is 0.160. The number of anilines is 1. The second-order valence-electron chi connectivity index (χ2n) is 6.91. The topological polar surface area (TPSA) is 81.7 Å². The van der Waals surface area contributed by atoms with Crippen LogP contribution in [0.25, 0.3) is 11.1 Å². The van der Waals surface area contributed by atoms with Crippen LogP contribution in [0, 0.1) is 0 Å². The second kappa shape index (κ2) is 10.2. The van der Waals surface area contributed by atoms with Gasteiger partial charge in [-0.1, -0.05) is 48.5 Å². The number of esters is 1. The van der Waals surface area contributed by atoms with Crippen LogP contribution in [0.1, 0.15) is 24.2 Å². The number of nitrogens with one attached hydrogen (secondary N) is 1. The van der Waals surface area contributed by atoms with Gasteiger partial charge in [0.2, 0.25) is 0 Å². The van der Waals surface area contributed by atoms with E-state index in [4.69, 9.17) is 9.47 Å². The standard InChI is InChI=1S/C25H23NO5/c1-17(27)19-12-14-21(15-13-19)26-25(29)18(2)31-24(28)16-30-23-11-7-6-10-22(23)20-8-4-3-5-9-20/h3-15,18H,16H2,1-2H3,(H,26,29)/t18-/m0/s1. The van der Waals surface area contributed by atoms with E-state index in [1.807, 2.05) is 48.5 Å². The smallest absolute Gasteiger partial charge is 0.344 e. The fourth-order valence-corrected chi connectivity index (χ4v) is 2.90. The normalized spacial score (nSPS) is 11.3. The Morgan fingerprint density at radius 1 is 0.871 bits per heavy atom. The maximum absolute atomic E-state index is 12.3. The summed E-state index contributed by atoms with van der Waals surface area (Å²) < 4.78 is 10.8. The third kappa shape index (κ3) is 6.02. The zero-order valence-corrected chi connectivity index (χ0v) is 17.3. The molecular formula is C25H23NO5. The van der Waals surface area contributed by atoms with E-state index in [-0.39, 0.29) is 12.4 Å². The zero-order valence-electron chi connectivity index (χ0n) is 17.3. The van der Waals surface area contributed by atoms with Gasteiger partial charge in [-0.15, -0.1) is 0 Å². The minimum atomic E-state index is -1.01. The molecule has 0 aromatic heterocycles. The van der Waals surface area contributed by atoms with Crippen molar-refractivity contribution in [2.75, 3.05) is 11.9 Å². The molecule has 0 unspecified atom stereocenters. The number of para-hydroxylation sites is 1. The van der Waals surface area contributed by atoms with Gasteiger partial charge in [0.05, 0.1) is 0 Å². The van der Waals surface area contributed by atoms with Crippen LogP contribution in [0.4, 0.5) is 5.69 Å². The monoisotopic (exact) mass is 417 g/mol. The average molecular weight is 417 g/mol. The molecule has 3 aromatic carbocycles. The molecule has 0 aliphatic carbocycles. The first-order valence-corrected chi connectivity index (χ1v) is 9.82. The third-order valence-electron chi connectivity index (χ3n) is 4.55. The van der Waals surface area contributed by atoms with E-state index in [1.165, 1.54) is 13.8 Å². The first-order chi connectivity index (χ1) is 14.9. The predicted octanol–water partition coefficient (Wildman–Crippen LogP) is 4.51. The van der Waals surface area contributed by atoms with E-state index in [9.17, 15) is 14.4 Å². The molecule has 158 valence electrons. The molecule has 0 radical (unpaired) electrons. The molecule has 0 bridgehead atoms. The third-order valence-corrected chi connectivity index (χ3v) is 4.55. The number of ketones is 1. The average Bonchev–Trinajstić information content (AvgIpc) is 2.78. The molecule has 0 heterocycles. The Bertz CT molecular complexity index is 1060. The van der Waals surface area contributed by atoms with E-state index < -0.39 is 18.0 Å². The van der Waals surface area contributed by atoms with E-state index >= 15 is 0 Å². The largest absolute Gasteiger partial charge is 0.481 e. The van der Waals surface area contributed by atoms with Gasteiger partial charge in [0.15, 0.2) is 18.5 Å². The van der Waals surface area contributed by atoms with Crippen molar-refractivity contribution in [2.24, 2.45) is 0 Å². The van der Waals surface area contributed by atoms with Gasteiger partial charge in [-0.05, 0) is 49.7 Å². The highest BCUT2D eigenvalue weighted by Gasteiger charge is 2.19. The summed E-state index contributed by atoms with van der Waals surface area (Å²) in [6, 6.07) is 23.5. The van der Waals surface area contributed by atoms with Gasteiger partial charge < -0.3 is 14.8 Å². The van der Waals surface area contributed by atoms with Crippen molar-refractivity contribution in [3.05, 3.63) is 84.4 Å². The highest BCUT2D eigenvalue weighted by Crippen LogP contribution is 2.29. The molecule has 31 heavy (non-hydrogen) atoms. The van der Waals surface area contributed by atoms with Crippen LogP contribution in [0.3, 0.4) is 0 Å². The van der Waals surface area contributed by atoms with Crippen molar-refractivity contribution in [2.45, 2.75) is 20.0 Å². The zero-order chi connectivity index (χ0) is 22.2. The summed E-state index contributed by atoms with van der Waals surface area (Å²) in [4.78, 5) is 35.8. The lowest BCUT2D eigenvalue weighted by Gasteiger charge is -2.15. The fourth-order valence-electron chi connectivity index (χ4n) is 2.90.